The average molecular weight is 414 g/mol. The molecule has 4 rings (SSSR count). The largest absolute Gasteiger partial charge is 0.465 e. The van der Waals surface area contributed by atoms with Gasteiger partial charge in [0.25, 0.3) is 5.56 Å². The molecule has 1 atom stereocenters. The molecule has 152 valence electrons. The number of aromatic nitrogens is 4. The molecule has 1 aromatic carbocycles. The van der Waals surface area contributed by atoms with Gasteiger partial charge in [-0.05, 0) is 24.7 Å². The number of fused-ring (bicyclic) bond motifs is 1. The Morgan fingerprint density at radius 1 is 1.34 bits per heavy atom. The van der Waals surface area contributed by atoms with Gasteiger partial charge >= 0.3 is 6.09 Å². The molecule has 0 spiro atoms. The van der Waals surface area contributed by atoms with Gasteiger partial charge in [-0.25, -0.2) is 9.78 Å². The highest BCUT2D eigenvalue weighted by Crippen LogP contribution is 2.25. The highest BCUT2D eigenvalue weighted by molar-refractivity contribution is 7.98. The van der Waals surface area contributed by atoms with Gasteiger partial charge in [0, 0.05) is 19.1 Å². The van der Waals surface area contributed by atoms with Crippen LogP contribution in [-0.2, 0) is 6.54 Å². The van der Waals surface area contributed by atoms with Gasteiger partial charge in [0.05, 0.1) is 6.54 Å². The normalized spacial score (nSPS) is 16.9. The second-order valence-corrected chi connectivity index (χ2v) is 7.76. The lowest BCUT2D eigenvalue weighted by Crippen LogP contribution is -2.48. The lowest BCUT2D eigenvalue weighted by atomic mass is 10.1. The number of aromatic amines is 1. The number of H-pyrrole nitrogens is 1. The maximum atomic E-state index is 12.8. The summed E-state index contributed by atoms with van der Waals surface area (Å²) in [6, 6.07) is 9.67. The number of amides is 1. The van der Waals surface area contributed by atoms with Crippen LogP contribution in [0.25, 0.3) is 11.2 Å². The quantitative estimate of drug-likeness (QED) is 0.433. The van der Waals surface area contributed by atoms with E-state index in [9.17, 15) is 9.59 Å². The molecule has 0 radical (unpaired) electrons. The number of rotatable bonds is 5. The molecular formula is C19H22N6O3S. The summed E-state index contributed by atoms with van der Waals surface area (Å²) in [5.41, 5.74) is 1.64. The predicted octanol–water partition coefficient (Wildman–Crippen LogP) is 2.13. The first kappa shape index (κ1) is 19.3. The van der Waals surface area contributed by atoms with Crippen molar-refractivity contribution in [1.82, 2.24) is 24.8 Å². The van der Waals surface area contributed by atoms with Crippen LogP contribution in [0.1, 0.15) is 18.4 Å². The monoisotopic (exact) mass is 414 g/mol. The second-order valence-electron chi connectivity index (χ2n) is 6.97. The van der Waals surface area contributed by atoms with Crippen molar-refractivity contribution >= 4 is 35.0 Å². The van der Waals surface area contributed by atoms with Crippen molar-refractivity contribution in [2.45, 2.75) is 30.6 Å². The van der Waals surface area contributed by atoms with Gasteiger partial charge < -0.3 is 15.3 Å². The molecule has 1 aliphatic rings. The summed E-state index contributed by atoms with van der Waals surface area (Å²) in [6.07, 6.45) is 2.42. The molecule has 1 saturated heterocycles. The number of hydrogen-bond donors (Lipinski definition) is 3. The number of nitrogens with one attached hydrogen (secondary N) is 2. The van der Waals surface area contributed by atoms with Gasteiger partial charge in [-0.1, -0.05) is 42.1 Å². The van der Waals surface area contributed by atoms with Crippen molar-refractivity contribution in [3.63, 3.8) is 0 Å². The maximum absolute atomic E-state index is 12.8. The summed E-state index contributed by atoms with van der Waals surface area (Å²) >= 11 is 1.35. The Morgan fingerprint density at radius 2 is 2.14 bits per heavy atom. The molecule has 0 saturated carbocycles. The summed E-state index contributed by atoms with van der Waals surface area (Å²) in [5.74, 6) is 0.636. The second kappa shape index (κ2) is 8.16. The van der Waals surface area contributed by atoms with E-state index in [1.165, 1.54) is 11.8 Å². The Labute approximate surface area is 171 Å². The number of carboxylic acid groups (broad SMARTS) is 1. The van der Waals surface area contributed by atoms with Crippen molar-refractivity contribution in [1.29, 1.82) is 0 Å². The van der Waals surface area contributed by atoms with Crippen molar-refractivity contribution in [2.75, 3.05) is 24.2 Å². The first-order valence-electron chi connectivity index (χ1n) is 9.38. The van der Waals surface area contributed by atoms with Crippen LogP contribution in [0.5, 0.6) is 0 Å². The molecule has 1 unspecified atom stereocenters. The molecule has 10 heteroatoms. The maximum Gasteiger partial charge on any atom is 0.404 e. The van der Waals surface area contributed by atoms with E-state index < -0.39 is 6.09 Å². The number of carbonyl (C=O) groups is 1. The molecule has 2 aromatic heterocycles. The van der Waals surface area contributed by atoms with Crippen molar-refractivity contribution in [2.24, 2.45) is 0 Å². The number of imidazole rings is 1. The molecule has 9 nitrogen and oxygen atoms in total. The van der Waals surface area contributed by atoms with Crippen molar-refractivity contribution in [3.05, 3.63) is 46.2 Å². The minimum Gasteiger partial charge on any atom is -0.465 e. The number of thioether (sulfide) groups is 1. The fraction of sp³-hybridized carbons (Fsp3) is 0.368. The zero-order valence-corrected chi connectivity index (χ0v) is 16.8. The highest BCUT2D eigenvalue weighted by Gasteiger charge is 2.27. The fourth-order valence-electron chi connectivity index (χ4n) is 3.72. The molecule has 1 fully saturated rings. The molecule has 3 heterocycles. The lowest BCUT2D eigenvalue weighted by Gasteiger charge is -2.33. The Morgan fingerprint density at radius 3 is 2.86 bits per heavy atom. The third kappa shape index (κ3) is 4.07. The minimum absolute atomic E-state index is 0.181. The molecule has 0 aliphatic carbocycles. The summed E-state index contributed by atoms with van der Waals surface area (Å²) in [5, 5.41) is 12.2. The van der Waals surface area contributed by atoms with Crippen LogP contribution < -0.4 is 15.8 Å². The van der Waals surface area contributed by atoms with Crippen LogP contribution in [0.3, 0.4) is 0 Å². The standard InChI is InChI=1S/C19H22N6O3S/c1-29-17-21-15-14(16(26)23-17)25(10-12-6-3-2-4-7-12)18(22-15)24-9-5-8-13(11-24)20-19(27)28/h2-4,6-7,13,20H,5,8-11H2,1H3,(H,27,28)(H,21,23,26). The third-order valence-electron chi connectivity index (χ3n) is 4.98. The third-order valence-corrected chi connectivity index (χ3v) is 5.56. The molecule has 1 aliphatic heterocycles. The summed E-state index contributed by atoms with van der Waals surface area (Å²) < 4.78 is 1.88. The van der Waals surface area contributed by atoms with Gasteiger partial charge in [-0.3, -0.25) is 14.3 Å². The van der Waals surface area contributed by atoms with E-state index in [-0.39, 0.29) is 11.6 Å². The number of nitrogens with zero attached hydrogens (tertiary/aromatic N) is 4. The van der Waals surface area contributed by atoms with Gasteiger partial charge in [-0.15, -0.1) is 0 Å². The summed E-state index contributed by atoms with van der Waals surface area (Å²) in [7, 11) is 0. The number of piperidine rings is 1. The van der Waals surface area contributed by atoms with Crippen LogP contribution in [0.4, 0.5) is 10.7 Å². The van der Waals surface area contributed by atoms with Crippen LogP contribution in [0.2, 0.25) is 0 Å². The van der Waals surface area contributed by atoms with Gasteiger partial charge in [-0.2, -0.15) is 4.98 Å². The zero-order chi connectivity index (χ0) is 20.4. The van der Waals surface area contributed by atoms with Gasteiger partial charge in [0.1, 0.15) is 0 Å². The van der Waals surface area contributed by atoms with E-state index in [1.807, 2.05) is 46.1 Å². The Bertz CT molecular complexity index is 1080. The zero-order valence-electron chi connectivity index (χ0n) is 16.0. The average Bonchev–Trinajstić information content (AvgIpc) is 3.07. The van der Waals surface area contributed by atoms with Crippen LogP contribution in [0, 0.1) is 0 Å². The van der Waals surface area contributed by atoms with Crippen molar-refractivity contribution < 1.29 is 9.90 Å². The number of anilines is 1. The molecule has 29 heavy (non-hydrogen) atoms. The Hall–Kier alpha value is -3.01. The number of hydrogen-bond acceptors (Lipinski definition) is 6. The van der Waals surface area contributed by atoms with E-state index in [1.54, 1.807) is 0 Å². The van der Waals surface area contributed by atoms with E-state index in [0.717, 1.165) is 24.9 Å². The van der Waals surface area contributed by atoms with Gasteiger partial charge in [0.15, 0.2) is 16.3 Å². The lowest BCUT2D eigenvalue weighted by molar-refractivity contribution is 0.188. The number of benzene rings is 1. The van der Waals surface area contributed by atoms with Gasteiger partial charge in [0.2, 0.25) is 5.95 Å². The summed E-state index contributed by atoms with van der Waals surface area (Å²) in [4.78, 5) is 37.9. The Kier molecular flexibility index (Phi) is 5.43. The predicted molar refractivity (Wildman–Crippen MR) is 112 cm³/mol. The van der Waals surface area contributed by atoms with Crippen LogP contribution >= 0.6 is 11.8 Å². The molecule has 3 aromatic rings. The van der Waals surface area contributed by atoms with E-state index in [2.05, 4.69) is 20.3 Å². The topological polar surface area (TPSA) is 116 Å². The molecular weight excluding hydrogens is 392 g/mol. The van der Waals surface area contributed by atoms with Crippen LogP contribution in [-0.4, -0.2) is 56.1 Å². The minimum atomic E-state index is -1.03. The first-order chi connectivity index (χ1) is 14.0. The smallest absolute Gasteiger partial charge is 0.404 e. The van der Waals surface area contributed by atoms with Crippen LogP contribution in [0.15, 0.2) is 40.3 Å². The van der Waals surface area contributed by atoms with E-state index in [4.69, 9.17) is 5.11 Å². The SMILES string of the molecule is CSc1nc2nc(N3CCCC(NC(=O)O)C3)n(Cc3ccccc3)c2c(=O)[nH]1. The summed E-state index contributed by atoms with van der Waals surface area (Å²) in [6.45, 7) is 1.71. The molecule has 1 amide bonds. The fourth-order valence-corrected chi connectivity index (χ4v) is 4.09. The van der Waals surface area contributed by atoms with E-state index >= 15 is 0 Å². The molecule has 3 N–H and O–H groups in total. The van der Waals surface area contributed by atoms with E-state index in [0.29, 0.717) is 35.4 Å². The first-order valence-corrected chi connectivity index (χ1v) is 10.6. The highest BCUT2D eigenvalue weighted by atomic mass is 32.2. The molecule has 0 bridgehead atoms. The van der Waals surface area contributed by atoms with Crippen molar-refractivity contribution in [3.8, 4) is 0 Å². The Balaban J connectivity index is 1.79.